The third-order valence-electron chi connectivity index (χ3n) is 4.60. The molecule has 1 aliphatic rings. The maximum absolute atomic E-state index is 11.7. The van der Waals surface area contributed by atoms with Crippen molar-refractivity contribution in [1.82, 2.24) is 14.9 Å². The molecule has 2 rings (SSSR count). The number of rotatable bonds is 6. The van der Waals surface area contributed by atoms with Crippen LogP contribution in [-0.4, -0.2) is 66.3 Å². The molecule has 0 saturated carbocycles. The monoisotopic (exact) mass is 416 g/mol. The lowest BCUT2D eigenvalue weighted by Crippen LogP contribution is -2.40. The number of aliphatic imine (C=N–C) groups is 1. The van der Waals surface area contributed by atoms with Crippen LogP contribution in [0, 0.1) is 12.8 Å². The maximum atomic E-state index is 11.7. The molecule has 152 valence electrons. The van der Waals surface area contributed by atoms with Crippen LogP contribution in [0.4, 0.5) is 0 Å². The Hall–Kier alpha value is -1.65. The standard InChI is InChI=1S/C17H28N4O4S2/c1-13-9-14(5-6-16(13)26(3,22)23)10-19-17(18-2)20-11-15-7-8-21(12-15)27(4,24)25/h5-6,9,15H,7-8,10-12H2,1-4H3,(H2,18,19,20). The quantitative estimate of drug-likeness (QED) is 0.512. The van der Waals surface area contributed by atoms with Gasteiger partial charge in [0.15, 0.2) is 15.8 Å². The van der Waals surface area contributed by atoms with Crippen molar-refractivity contribution in [1.29, 1.82) is 0 Å². The number of nitrogens with one attached hydrogen (secondary N) is 2. The first kappa shape index (κ1) is 21.6. The van der Waals surface area contributed by atoms with Gasteiger partial charge in [0.05, 0.1) is 11.2 Å². The summed E-state index contributed by atoms with van der Waals surface area (Å²) in [5.74, 6) is 0.868. The lowest BCUT2D eigenvalue weighted by molar-refractivity contribution is 0.459. The highest BCUT2D eigenvalue weighted by Gasteiger charge is 2.28. The van der Waals surface area contributed by atoms with Crippen LogP contribution in [0.1, 0.15) is 17.5 Å². The first-order valence-electron chi connectivity index (χ1n) is 8.70. The highest BCUT2D eigenvalue weighted by Crippen LogP contribution is 2.18. The molecule has 0 bridgehead atoms. The number of benzene rings is 1. The lowest BCUT2D eigenvalue weighted by atomic mass is 10.1. The van der Waals surface area contributed by atoms with Crippen molar-refractivity contribution in [2.24, 2.45) is 10.9 Å². The van der Waals surface area contributed by atoms with Gasteiger partial charge in [-0.2, -0.15) is 0 Å². The molecule has 0 amide bonds. The van der Waals surface area contributed by atoms with Gasteiger partial charge in [-0.15, -0.1) is 0 Å². The molecule has 27 heavy (non-hydrogen) atoms. The van der Waals surface area contributed by atoms with Gasteiger partial charge < -0.3 is 10.6 Å². The minimum Gasteiger partial charge on any atom is -0.356 e. The summed E-state index contributed by atoms with van der Waals surface area (Å²) in [4.78, 5) is 4.52. The molecule has 0 aliphatic carbocycles. The highest BCUT2D eigenvalue weighted by molar-refractivity contribution is 7.90. The zero-order valence-corrected chi connectivity index (χ0v) is 17.8. The number of hydrogen-bond donors (Lipinski definition) is 2. The van der Waals surface area contributed by atoms with Gasteiger partial charge in [-0.3, -0.25) is 4.99 Å². The number of nitrogens with zero attached hydrogens (tertiary/aromatic N) is 2. The fraction of sp³-hybridized carbons (Fsp3) is 0.588. The summed E-state index contributed by atoms with van der Waals surface area (Å²) < 4.78 is 48.0. The third kappa shape index (κ3) is 6.18. The molecule has 0 radical (unpaired) electrons. The molecular weight excluding hydrogens is 388 g/mol. The van der Waals surface area contributed by atoms with Crippen LogP contribution in [0.3, 0.4) is 0 Å². The van der Waals surface area contributed by atoms with E-state index in [2.05, 4.69) is 15.6 Å². The Kier molecular flexibility index (Phi) is 6.87. The van der Waals surface area contributed by atoms with Gasteiger partial charge in [0.25, 0.3) is 0 Å². The van der Waals surface area contributed by atoms with Crippen LogP contribution < -0.4 is 10.6 Å². The van der Waals surface area contributed by atoms with E-state index in [1.165, 1.54) is 16.8 Å². The van der Waals surface area contributed by atoms with Gasteiger partial charge >= 0.3 is 0 Å². The summed E-state index contributed by atoms with van der Waals surface area (Å²) in [6.45, 7) is 4.00. The molecule has 1 aromatic rings. The Morgan fingerprint density at radius 2 is 1.93 bits per heavy atom. The minimum atomic E-state index is -3.22. The normalized spacial score (nSPS) is 19.3. The predicted molar refractivity (Wildman–Crippen MR) is 107 cm³/mol. The van der Waals surface area contributed by atoms with E-state index < -0.39 is 19.9 Å². The zero-order chi connectivity index (χ0) is 20.2. The van der Waals surface area contributed by atoms with Crippen LogP contribution in [0.5, 0.6) is 0 Å². The van der Waals surface area contributed by atoms with E-state index in [1.807, 2.05) is 6.07 Å². The molecule has 1 aliphatic heterocycles. The molecule has 1 aromatic carbocycles. The van der Waals surface area contributed by atoms with Crippen LogP contribution in [0.2, 0.25) is 0 Å². The molecule has 1 atom stereocenters. The Morgan fingerprint density at radius 3 is 2.44 bits per heavy atom. The van der Waals surface area contributed by atoms with Crippen molar-refractivity contribution < 1.29 is 16.8 Å². The lowest BCUT2D eigenvalue weighted by Gasteiger charge is -2.16. The molecule has 8 nitrogen and oxygen atoms in total. The second-order valence-corrected chi connectivity index (χ2v) is 10.9. The van der Waals surface area contributed by atoms with E-state index in [0.717, 1.165) is 12.0 Å². The average Bonchev–Trinajstić information content (AvgIpc) is 3.03. The largest absolute Gasteiger partial charge is 0.356 e. The fourth-order valence-corrected chi connectivity index (χ4v) is 5.03. The second kappa shape index (κ2) is 8.57. The Balaban J connectivity index is 1.87. The Morgan fingerprint density at radius 1 is 1.22 bits per heavy atom. The Labute approximate surface area is 162 Å². The maximum Gasteiger partial charge on any atom is 0.211 e. The van der Waals surface area contributed by atoms with Crippen LogP contribution in [-0.2, 0) is 26.4 Å². The first-order valence-corrected chi connectivity index (χ1v) is 12.4. The second-order valence-electron chi connectivity index (χ2n) is 6.95. The van der Waals surface area contributed by atoms with E-state index in [9.17, 15) is 16.8 Å². The smallest absolute Gasteiger partial charge is 0.211 e. The minimum absolute atomic E-state index is 0.245. The van der Waals surface area contributed by atoms with Crippen molar-refractivity contribution >= 4 is 25.8 Å². The van der Waals surface area contributed by atoms with Crippen LogP contribution in [0.15, 0.2) is 28.1 Å². The predicted octanol–water partition coefficient (Wildman–Crippen LogP) is 0.345. The topological polar surface area (TPSA) is 108 Å². The van der Waals surface area contributed by atoms with Crippen molar-refractivity contribution in [3.63, 3.8) is 0 Å². The molecule has 1 fully saturated rings. The summed E-state index contributed by atoms with van der Waals surface area (Å²) >= 11 is 0. The van der Waals surface area contributed by atoms with E-state index in [4.69, 9.17) is 0 Å². The third-order valence-corrected chi connectivity index (χ3v) is 7.12. The summed E-state index contributed by atoms with van der Waals surface area (Å²) in [5, 5.41) is 6.42. The van der Waals surface area contributed by atoms with E-state index in [1.54, 1.807) is 26.1 Å². The molecule has 10 heteroatoms. The highest BCUT2D eigenvalue weighted by atomic mass is 32.2. The van der Waals surface area contributed by atoms with Gasteiger partial charge in [0.2, 0.25) is 10.0 Å². The number of hydrogen-bond acceptors (Lipinski definition) is 5. The molecule has 1 unspecified atom stereocenters. The summed E-state index contributed by atoms with van der Waals surface area (Å²) in [6, 6.07) is 5.25. The number of sulfone groups is 1. The first-order chi connectivity index (χ1) is 12.5. The summed E-state index contributed by atoms with van der Waals surface area (Å²) in [7, 11) is -4.68. The van der Waals surface area contributed by atoms with Gasteiger partial charge in [0.1, 0.15) is 0 Å². The van der Waals surface area contributed by atoms with Crippen LogP contribution in [0.25, 0.3) is 0 Å². The fourth-order valence-electron chi connectivity index (χ4n) is 3.15. The van der Waals surface area contributed by atoms with E-state index in [-0.39, 0.29) is 5.92 Å². The Bertz CT molecular complexity index is 911. The van der Waals surface area contributed by atoms with Crippen LogP contribution >= 0.6 is 0 Å². The summed E-state index contributed by atoms with van der Waals surface area (Å²) in [5.41, 5.74) is 1.67. The SMILES string of the molecule is CN=C(NCc1ccc(S(C)(=O)=O)c(C)c1)NCC1CCN(S(C)(=O)=O)C1. The van der Waals surface area contributed by atoms with Gasteiger partial charge in [-0.1, -0.05) is 12.1 Å². The van der Waals surface area contributed by atoms with Gasteiger partial charge in [-0.25, -0.2) is 21.1 Å². The molecule has 1 heterocycles. The van der Waals surface area contributed by atoms with Crippen molar-refractivity contribution in [3.05, 3.63) is 29.3 Å². The molecule has 2 N–H and O–H groups in total. The summed E-state index contributed by atoms with van der Waals surface area (Å²) in [6.07, 6.45) is 3.26. The van der Waals surface area contributed by atoms with Gasteiger partial charge in [0, 0.05) is 39.5 Å². The van der Waals surface area contributed by atoms with Crippen molar-refractivity contribution in [2.75, 3.05) is 39.2 Å². The number of sulfonamides is 1. The molecule has 0 aromatic heterocycles. The average molecular weight is 417 g/mol. The molecule has 1 saturated heterocycles. The van der Waals surface area contributed by atoms with E-state index >= 15 is 0 Å². The molecule has 0 spiro atoms. The molecular formula is C17H28N4O4S2. The number of aryl methyl sites for hydroxylation is 1. The zero-order valence-electron chi connectivity index (χ0n) is 16.2. The number of guanidine groups is 1. The van der Waals surface area contributed by atoms with Crippen molar-refractivity contribution in [2.45, 2.75) is 24.8 Å². The van der Waals surface area contributed by atoms with Gasteiger partial charge in [-0.05, 0) is 36.5 Å². The van der Waals surface area contributed by atoms with E-state index in [0.29, 0.717) is 42.6 Å². The van der Waals surface area contributed by atoms with Crippen molar-refractivity contribution in [3.8, 4) is 0 Å².